The van der Waals surface area contributed by atoms with E-state index in [1.54, 1.807) is 0 Å². The molecule has 2 heteroatoms. The Hall–Kier alpha value is -0.530. The maximum Gasteiger partial charge on any atom is 0.306 e. The molecule has 0 amide bonds. The quantitative estimate of drug-likeness (QED) is 0.637. The molecule has 0 aliphatic carbocycles. The minimum absolute atomic E-state index is 0.0114. The number of rotatable bonds is 2. The van der Waals surface area contributed by atoms with Crippen LogP contribution in [0.4, 0.5) is 0 Å². The van der Waals surface area contributed by atoms with E-state index in [9.17, 15) is 4.79 Å². The minimum Gasteiger partial charge on any atom is -0.462 e. The van der Waals surface area contributed by atoms with Crippen LogP contribution in [0.25, 0.3) is 0 Å². The van der Waals surface area contributed by atoms with Crippen molar-refractivity contribution >= 4 is 5.97 Å². The lowest BCUT2D eigenvalue weighted by Gasteiger charge is -2.29. The first-order valence-electron chi connectivity index (χ1n) is 5.56. The Morgan fingerprint density at radius 2 is 2.07 bits per heavy atom. The molecule has 0 saturated carbocycles. The molecule has 14 heavy (non-hydrogen) atoms. The Balaban J connectivity index is 2.34. The Morgan fingerprint density at radius 3 is 2.57 bits per heavy atom. The molecule has 0 N–H and O–H groups in total. The zero-order valence-electron chi connectivity index (χ0n) is 9.80. The van der Waals surface area contributed by atoms with E-state index in [-0.39, 0.29) is 12.1 Å². The van der Waals surface area contributed by atoms with Gasteiger partial charge in [-0.2, -0.15) is 0 Å². The fraction of sp³-hybridized carbons (Fsp3) is 0.917. The standard InChI is InChI=1S/C12H22O2/c1-9-7-10(14-11(13)8-9)5-6-12(2,3)4/h9-10H,5-8H2,1-4H3. The molecule has 1 heterocycles. The molecule has 0 radical (unpaired) electrons. The van der Waals surface area contributed by atoms with Crippen molar-refractivity contribution in [1.82, 2.24) is 0 Å². The SMILES string of the molecule is CC1CC(=O)OC(CCC(C)(C)C)C1. The number of cyclic esters (lactones) is 1. The molecule has 2 atom stereocenters. The molecule has 0 aromatic rings. The molecule has 0 bridgehead atoms. The van der Waals surface area contributed by atoms with Crippen LogP contribution < -0.4 is 0 Å². The van der Waals surface area contributed by atoms with Crippen molar-refractivity contribution in [2.24, 2.45) is 11.3 Å². The molecule has 0 aromatic heterocycles. The van der Waals surface area contributed by atoms with Crippen molar-refractivity contribution in [3.8, 4) is 0 Å². The summed E-state index contributed by atoms with van der Waals surface area (Å²) in [4.78, 5) is 11.2. The average molecular weight is 198 g/mol. The summed E-state index contributed by atoms with van der Waals surface area (Å²) >= 11 is 0. The first-order chi connectivity index (χ1) is 6.37. The lowest BCUT2D eigenvalue weighted by molar-refractivity contribution is -0.157. The summed E-state index contributed by atoms with van der Waals surface area (Å²) in [6.45, 7) is 8.80. The molecular formula is C12H22O2. The van der Waals surface area contributed by atoms with Crippen LogP contribution >= 0.6 is 0 Å². The highest BCUT2D eigenvalue weighted by Gasteiger charge is 2.26. The van der Waals surface area contributed by atoms with Gasteiger partial charge < -0.3 is 4.74 Å². The number of ether oxygens (including phenoxy) is 1. The van der Waals surface area contributed by atoms with Gasteiger partial charge in [0.15, 0.2) is 0 Å². The first-order valence-corrected chi connectivity index (χ1v) is 5.56. The summed E-state index contributed by atoms with van der Waals surface area (Å²) in [5.41, 5.74) is 0.340. The van der Waals surface area contributed by atoms with E-state index < -0.39 is 0 Å². The van der Waals surface area contributed by atoms with Crippen molar-refractivity contribution in [3.63, 3.8) is 0 Å². The molecule has 1 aliphatic heterocycles. The molecule has 1 fully saturated rings. The van der Waals surface area contributed by atoms with Crippen molar-refractivity contribution in [1.29, 1.82) is 0 Å². The van der Waals surface area contributed by atoms with Crippen molar-refractivity contribution in [3.05, 3.63) is 0 Å². The van der Waals surface area contributed by atoms with Crippen LogP contribution in [0.15, 0.2) is 0 Å². The van der Waals surface area contributed by atoms with Gasteiger partial charge in [-0.25, -0.2) is 0 Å². The zero-order valence-corrected chi connectivity index (χ0v) is 9.80. The van der Waals surface area contributed by atoms with Crippen LogP contribution in [0.5, 0.6) is 0 Å². The lowest BCUT2D eigenvalue weighted by atomic mass is 9.86. The number of hydrogen-bond acceptors (Lipinski definition) is 2. The number of carbonyl (C=O) groups is 1. The Bertz CT molecular complexity index is 203. The van der Waals surface area contributed by atoms with Crippen LogP contribution in [-0.2, 0) is 9.53 Å². The second-order valence-electron chi connectivity index (χ2n) is 5.76. The predicted octanol–water partition coefficient (Wildman–Crippen LogP) is 3.15. The third kappa shape index (κ3) is 4.12. The van der Waals surface area contributed by atoms with Gasteiger partial charge in [-0.1, -0.05) is 27.7 Å². The number of esters is 1. The maximum absolute atomic E-state index is 11.2. The van der Waals surface area contributed by atoms with E-state index in [4.69, 9.17) is 4.74 Å². The second-order valence-corrected chi connectivity index (χ2v) is 5.76. The van der Waals surface area contributed by atoms with Crippen molar-refractivity contribution < 1.29 is 9.53 Å². The highest BCUT2D eigenvalue weighted by atomic mass is 16.5. The molecule has 1 rings (SSSR count). The molecule has 1 saturated heterocycles. The van der Waals surface area contributed by atoms with E-state index in [0.717, 1.165) is 19.3 Å². The Morgan fingerprint density at radius 1 is 1.43 bits per heavy atom. The van der Waals surface area contributed by atoms with Gasteiger partial charge in [0.2, 0.25) is 0 Å². The minimum atomic E-state index is -0.0114. The van der Waals surface area contributed by atoms with Crippen LogP contribution in [-0.4, -0.2) is 12.1 Å². The predicted molar refractivity (Wildman–Crippen MR) is 57.0 cm³/mol. The van der Waals surface area contributed by atoms with Gasteiger partial charge in [0, 0.05) is 6.42 Å². The van der Waals surface area contributed by atoms with Gasteiger partial charge in [-0.15, -0.1) is 0 Å². The third-order valence-electron chi connectivity index (χ3n) is 2.69. The Kier molecular flexibility index (Phi) is 3.57. The van der Waals surface area contributed by atoms with E-state index in [0.29, 0.717) is 17.8 Å². The maximum atomic E-state index is 11.2. The van der Waals surface area contributed by atoms with Crippen LogP contribution in [0, 0.1) is 11.3 Å². The first kappa shape index (κ1) is 11.5. The van der Waals surface area contributed by atoms with Gasteiger partial charge in [-0.3, -0.25) is 4.79 Å². The normalized spacial score (nSPS) is 28.7. The lowest BCUT2D eigenvalue weighted by Crippen LogP contribution is -2.29. The van der Waals surface area contributed by atoms with Gasteiger partial charge in [-0.05, 0) is 30.6 Å². The molecule has 82 valence electrons. The van der Waals surface area contributed by atoms with E-state index in [1.165, 1.54) is 0 Å². The molecule has 0 spiro atoms. The molecule has 2 unspecified atom stereocenters. The highest BCUT2D eigenvalue weighted by molar-refractivity contribution is 5.70. The Labute approximate surface area is 87.0 Å². The molecular weight excluding hydrogens is 176 g/mol. The third-order valence-corrected chi connectivity index (χ3v) is 2.69. The summed E-state index contributed by atoms with van der Waals surface area (Å²) in [6.07, 6.45) is 3.95. The topological polar surface area (TPSA) is 26.3 Å². The summed E-state index contributed by atoms with van der Waals surface area (Å²) in [5.74, 6) is 0.490. The fourth-order valence-electron chi connectivity index (χ4n) is 1.87. The largest absolute Gasteiger partial charge is 0.462 e. The average Bonchev–Trinajstić information content (AvgIpc) is 1.97. The van der Waals surface area contributed by atoms with Crippen molar-refractivity contribution in [2.75, 3.05) is 0 Å². The van der Waals surface area contributed by atoms with E-state index in [2.05, 4.69) is 27.7 Å². The second kappa shape index (κ2) is 4.33. The monoisotopic (exact) mass is 198 g/mol. The van der Waals surface area contributed by atoms with Gasteiger partial charge in [0.05, 0.1) is 0 Å². The zero-order chi connectivity index (χ0) is 10.8. The van der Waals surface area contributed by atoms with Gasteiger partial charge in [0.25, 0.3) is 0 Å². The van der Waals surface area contributed by atoms with Crippen LogP contribution in [0.2, 0.25) is 0 Å². The summed E-state index contributed by atoms with van der Waals surface area (Å²) in [5, 5.41) is 0. The summed E-state index contributed by atoms with van der Waals surface area (Å²) < 4.78 is 5.31. The van der Waals surface area contributed by atoms with Crippen LogP contribution in [0.3, 0.4) is 0 Å². The van der Waals surface area contributed by atoms with Gasteiger partial charge >= 0.3 is 5.97 Å². The molecule has 0 aromatic carbocycles. The smallest absolute Gasteiger partial charge is 0.306 e. The molecule has 1 aliphatic rings. The van der Waals surface area contributed by atoms with E-state index in [1.807, 2.05) is 0 Å². The van der Waals surface area contributed by atoms with E-state index >= 15 is 0 Å². The fourth-order valence-corrected chi connectivity index (χ4v) is 1.87. The summed E-state index contributed by atoms with van der Waals surface area (Å²) in [6, 6.07) is 0. The highest BCUT2D eigenvalue weighted by Crippen LogP contribution is 2.28. The van der Waals surface area contributed by atoms with Gasteiger partial charge in [0.1, 0.15) is 6.10 Å². The number of carbonyl (C=O) groups excluding carboxylic acids is 1. The molecule has 2 nitrogen and oxygen atoms in total. The summed E-state index contributed by atoms with van der Waals surface area (Å²) in [7, 11) is 0. The number of hydrogen-bond donors (Lipinski definition) is 0. The van der Waals surface area contributed by atoms with Crippen LogP contribution in [0.1, 0.15) is 53.4 Å². The van der Waals surface area contributed by atoms with Crippen molar-refractivity contribution in [2.45, 2.75) is 59.5 Å².